The van der Waals surface area contributed by atoms with Gasteiger partial charge in [0.15, 0.2) is 0 Å². The molecule has 2 aliphatic rings. The number of hydrogen-bond donors (Lipinski definition) is 0. The number of rotatable bonds is 1. The van der Waals surface area contributed by atoms with Gasteiger partial charge in [-0.3, -0.25) is 9.59 Å². The number of carbonyl (C=O) groups is 2. The van der Waals surface area contributed by atoms with E-state index in [1.54, 1.807) is 0 Å². The van der Waals surface area contributed by atoms with E-state index >= 15 is 0 Å². The van der Waals surface area contributed by atoms with E-state index in [-0.39, 0.29) is 35.1 Å². The lowest BCUT2D eigenvalue weighted by molar-refractivity contribution is -0.136. The van der Waals surface area contributed by atoms with Crippen LogP contribution >= 0.6 is 0 Å². The zero-order valence-corrected chi connectivity index (χ0v) is 11.6. The third-order valence-electron chi connectivity index (χ3n) is 5.13. The second-order valence-corrected chi connectivity index (χ2v) is 6.57. The lowest BCUT2D eigenvalue weighted by Crippen LogP contribution is -2.36. The Balaban J connectivity index is 2.09. The van der Waals surface area contributed by atoms with Crippen LogP contribution < -0.4 is 0 Å². The minimum Gasteiger partial charge on any atom is -0.299 e. The van der Waals surface area contributed by atoms with Crippen molar-refractivity contribution >= 4 is 19.4 Å². The van der Waals surface area contributed by atoms with Crippen LogP contribution in [0.15, 0.2) is 0 Å². The summed E-state index contributed by atoms with van der Waals surface area (Å²) in [7, 11) is 6.49. The Morgan fingerprint density at radius 2 is 1.94 bits per heavy atom. The molecule has 2 rings (SSSR count). The standard InChI is InChI=1S/C15H23BO2/c1-10(2)15(16)6-3-4-13-11(5-7-15)8-12(17)9-14(13)18/h10-11,13H,3-9H2,1-2H3. The smallest absolute Gasteiger partial charge is 0.143 e. The first-order valence-corrected chi connectivity index (χ1v) is 7.25. The molecule has 0 amide bonds. The maximum absolute atomic E-state index is 11.9. The Morgan fingerprint density at radius 1 is 1.22 bits per heavy atom. The van der Waals surface area contributed by atoms with E-state index < -0.39 is 0 Å². The predicted octanol–water partition coefficient (Wildman–Crippen LogP) is 3.10. The highest BCUT2D eigenvalue weighted by Gasteiger charge is 2.39. The van der Waals surface area contributed by atoms with Crippen molar-refractivity contribution in [3.63, 3.8) is 0 Å². The zero-order chi connectivity index (χ0) is 13.3. The minimum atomic E-state index is -0.103. The number of ketones is 2. The molecule has 0 aromatic rings. The summed E-state index contributed by atoms with van der Waals surface area (Å²) in [5, 5.41) is -0.103. The molecule has 2 saturated carbocycles. The van der Waals surface area contributed by atoms with Gasteiger partial charge in [0.05, 0.1) is 14.3 Å². The highest BCUT2D eigenvalue weighted by molar-refractivity contribution is 6.15. The summed E-state index contributed by atoms with van der Waals surface area (Å²) in [6, 6.07) is 0. The van der Waals surface area contributed by atoms with Gasteiger partial charge < -0.3 is 0 Å². The molecule has 2 nitrogen and oxygen atoms in total. The van der Waals surface area contributed by atoms with Gasteiger partial charge in [-0.2, -0.15) is 0 Å². The third-order valence-corrected chi connectivity index (χ3v) is 5.13. The van der Waals surface area contributed by atoms with Crippen molar-refractivity contribution in [3.8, 4) is 0 Å². The first-order chi connectivity index (χ1) is 8.42. The molecule has 0 saturated heterocycles. The van der Waals surface area contributed by atoms with Crippen LogP contribution in [0.4, 0.5) is 0 Å². The fourth-order valence-corrected chi connectivity index (χ4v) is 3.60. The van der Waals surface area contributed by atoms with Crippen molar-refractivity contribution < 1.29 is 9.59 Å². The Kier molecular flexibility index (Phi) is 3.98. The fourth-order valence-electron chi connectivity index (χ4n) is 3.60. The van der Waals surface area contributed by atoms with Crippen LogP contribution in [0.1, 0.15) is 58.8 Å². The van der Waals surface area contributed by atoms with Gasteiger partial charge in [0.1, 0.15) is 11.6 Å². The van der Waals surface area contributed by atoms with Crippen LogP contribution in [0.25, 0.3) is 0 Å². The molecular weight excluding hydrogens is 223 g/mol. The van der Waals surface area contributed by atoms with E-state index in [4.69, 9.17) is 7.85 Å². The quantitative estimate of drug-likeness (QED) is 0.526. The van der Waals surface area contributed by atoms with E-state index in [9.17, 15) is 9.59 Å². The third kappa shape index (κ3) is 2.70. The molecule has 98 valence electrons. The van der Waals surface area contributed by atoms with E-state index in [1.165, 1.54) is 0 Å². The van der Waals surface area contributed by atoms with Crippen LogP contribution in [0.3, 0.4) is 0 Å². The average molecular weight is 246 g/mol. The summed E-state index contributed by atoms with van der Waals surface area (Å²) >= 11 is 0. The van der Waals surface area contributed by atoms with Crippen LogP contribution in [0, 0.1) is 17.8 Å². The predicted molar refractivity (Wildman–Crippen MR) is 72.6 cm³/mol. The summed E-state index contributed by atoms with van der Waals surface area (Å²) in [6.07, 6.45) is 5.64. The molecule has 0 N–H and O–H groups in total. The molecule has 0 bridgehead atoms. The summed E-state index contributed by atoms with van der Waals surface area (Å²) in [5.74, 6) is 1.18. The molecule has 0 heterocycles. The maximum atomic E-state index is 11.9. The Morgan fingerprint density at radius 3 is 2.61 bits per heavy atom. The zero-order valence-electron chi connectivity index (χ0n) is 11.6. The number of carbonyl (C=O) groups excluding carboxylic acids is 2. The second-order valence-electron chi connectivity index (χ2n) is 6.57. The van der Waals surface area contributed by atoms with Crippen molar-refractivity contribution in [2.75, 3.05) is 0 Å². The summed E-state index contributed by atoms with van der Waals surface area (Å²) in [4.78, 5) is 23.5. The minimum absolute atomic E-state index is 0.103. The van der Waals surface area contributed by atoms with Gasteiger partial charge in [-0.15, -0.1) is 0 Å². The fraction of sp³-hybridized carbons (Fsp3) is 0.867. The monoisotopic (exact) mass is 246 g/mol. The molecule has 3 unspecified atom stereocenters. The molecule has 18 heavy (non-hydrogen) atoms. The Labute approximate surface area is 111 Å². The number of fused-ring (bicyclic) bond motifs is 1. The van der Waals surface area contributed by atoms with Crippen LogP contribution in [0.5, 0.6) is 0 Å². The Hall–Kier alpha value is -0.595. The highest BCUT2D eigenvalue weighted by Crippen LogP contribution is 2.47. The van der Waals surface area contributed by atoms with E-state index in [2.05, 4.69) is 13.8 Å². The van der Waals surface area contributed by atoms with Gasteiger partial charge in [0, 0.05) is 12.3 Å². The molecular formula is C15H23BO2. The Bertz CT molecular complexity index is 350. The van der Waals surface area contributed by atoms with Crippen molar-refractivity contribution in [1.29, 1.82) is 0 Å². The van der Waals surface area contributed by atoms with Crippen molar-refractivity contribution in [2.45, 2.75) is 64.1 Å². The first-order valence-electron chi connectivity index (χ1n) is 7.25. The first kappa shape index (κ1) is 13.8. The molecule has 3 heteroatoms. The molecule has 0 aromatic heterocycles. The number of hydrogen-bond acceptors (Lipinski definition) is 2. The lowest BCUT2D eigenvalue weighted by Gasteiger charge is -2.41. The van der Waals surface area contributed by atoms with E-state index in [1.807, 2.05) is 0 Å². The van der Waals surface area contributed by atoms with Crippen LogP contribution in [-0.2, 0) is 9.59 Å². The van der Waals surface area contributed by atoms with Gasteiger partial charge in [0.25, 0.3) is 0 Å². The summed E-state index contributed by atoms with van der Waals surface area (Å²) in [5.41, 5.74) is 0. The normalized spacial score (nSPS) is 38.2. The second kappa shape index (κ2) is 5.18. The van der Waals surface area contributed by atoms with Crippen LogP contribution in [0.2, 0.25) is 5.31 Å². The van der Waals surface area contributed by atoms with Crippen molar-refractivity contribution in [3.05, 3.63) is 0 Å². The molecule has 2 aliphatic carbocycles. The summed E-state index contributed by atoms with van der Waals surface area (Å²) < 4.78 is 0. The van der Waals surface area contributed by atoms with Gasteiger partial charge in [-0.25, -0.2) is 0 Å². The van der Waals surface area contributed by atoms with Crippen LogP contribution in [-0.4, -0.2) is 19.4 Å². The van der Waals surface area contributed by atoms with Crippen molar-refractivity contribution in [2.24, 2.45) is 17.8 Å². The van der Waals surface area contributed by atoms with E-state index in [0.717, 1.165) is 32.1 Å². The van der Waals surface area contributed by atoms with Gasteiger partial charge in [-0.1, -0.05) is 38.4 Å². The topological polar surface area (TPSA) is 34.1 Å². The SMILES string of the molecule is [B]C1(C(C)C)CCCC2C(=O)CC(=O)CC2CC1. The highest BCUT2D eigenvalue weighted by atomic mass is 16.1. The van der Waals surface area contributed by atoms with Gasteiger partial charge in [0.2, 0.25) is 0 Å². The van der Waals surface area contributed by atoms with E-state index in [0.29, 0.717) is 12.3 Å². The van der Waals surface area contributed by atoms with Crippen molar-refractivity contribution in [1.82, 2.24) is 0 Å². The average Bonchev–Trinajstić information content (AvgIpc) is 2.26. The van der Waals surface area contributed by atoms with Gasteiger partial charge in [-0.05, 0) is 24.7 Å². The lowest BCUT2D eigenvalue weighted by atomic mass is 9.54. The largest absolute Gasteiger partial charge is 0.299 e. The van der Waals surface area contributed by atoms with Gasteiger partial charge >= 0.3 is 0 Å². The number of Topliss-reactive ketones (excluding diaryl/α,β-unsaturated/α-hetero) is 2. The molecule has 2 radical (unpaired) electrons. The summed E-state index contributed by atoms with van der Waals surface area (Å²) in [6.45, 7) is 4.35. The molecule has 0 aromatic carbocycles. The molecule has 0 spiro atoms. The molecule has 2 fully saturated rings. The molecule has 3 atom stereocenters. The molecule has 0 aliphatic heterocycles. The maximum Gasteiger partial charge on any atom is 0.143 e.